The quantitative estimate of drug-likeness (QED) is 0.641. The minimum Gasteiger partial charge on any atom is -0.394 e. The van der Waals surface area contributed by atoms with Crippen molar-refractivity contribution in [1.82, 2.24) is 9.78 Å². The summed E-state index contributed by atoms with van der Waals surface area (Å²) in [5, 5.41) is 14.3. The highest BCUT2D eigenvalue weighted by atomic mass is 32.2. The van der Waals surface area contributed by atoms with Crippen LogP contribution in [-0.2, 0) is 10.0 Å². The highest BCUT2D eigenvalue weighted by Crippen LogP contribution is 2.35. The van der Waals surface area contributed by atoms with E-state index in [9.17, 15) is 13.5 Å². The summed E-state index contributed by atoms with van der Waals surface area (Å²) >= 11 is 0. The molecule has 6 nitrogen and oxygen atoms in total. The Kier molecular flexibility index (Phi) is 5.69. The van der Waals surface area contributed by atoms with Crippen LogP contribution in [0.3, 0.4) is 0 Å². The van der Waals surface area contributed by atoms with Crippen LogP contribution in [0.2, 0.25) is 0 Å². The molecule has 0 amide bonds. The number of anilines is 1. The number of benzene rings is 2. The maximum Gasteiger partial charge on any atom is 0.268 e. The summed E-state index contributed by atoms with van der Waals surface area (Å²) in [6.07, 6.45) is 5.95. The molecule has 29 heavy (non-hydrogen) atoms. The number of nitrogens with zero attached hydrogens (tertiary/aromatic N) is 3. The van der Waals surface area contributed by atoms with Gasteiger partial charge in [-0.25, -0.2) is 8.42 Å². The minimum atomic E-state index is -3.91. The third-order valence-corrected chi connectivity index (χ3v) is 7.19. The lowest BCUT2D eigenvalue weighted by atomic mass is 10.2. The van der Waals surface area contributed by atoms with Crippen LogP contribution >= 0.6 is 0 Å². The van der Waals surface area contributed by atoms with Gasteiger partial charge in [-0.05, 0) is 25.0 Å². The van der Waals surface area contributed by atoms with E-state index in [-0.39, 0.29) is 24.1 Å². The monoisotopic (exact) mass is 411 g/mol. The fourth-order valence-electron chi connectivity index (χ4n) is 3.91. The standard InChI is InChI=1S/C22H25N3O3S/c26-16-15-25(20-13-5-2-6-14-20)29(27,28)21-17-24(19-11-7-8-12-19)23-22(21)18-9-3-1-4-10-18/h1-6,9-10,13-14,17,19,26H,7-8,11-12,15-16H2. The smallest absolute Gasteiger partial charge is 0.268 e. The topological polar surface area (TPSA) is 75.4 Å². The van der Waals surface area contributed by atoms with Gasteiger partial charge in [0.15, 0.2) is 0 Å². The van der Waals surface area contributed by atoms with E-state index in [4.69, 9.17) is 5.10 Å². The van der Waals surface area contributed by atoms with E-state index in [0.29, 0.717) is 11.4 Å². The highest BCUT2D eigenvalue weighted by molar-refractivity contribution is 7.93. The predicted octanol–water partition coefficient (Wildman–Crippen LogP) is 3.85. The Morgan fingerprint density at radius 2 is 1.62 bits per heavy atom. The lowest BCUT2D eigenvalue weighted by Gasteiger charge is -2.23. The molecule has 1 heterocycles. The summed E-state index contributed by atoms with van der Waals surface area (Å²) in [6, 6.07) is 18.5. The van der Waals surface area contributed by atoms with E-state index >= 15 is 0 Å². The molecule has 0 atom stereocenters. The molecular weight excluding hydrogens is 386 g/mol. The van der Waals surface area contributed by atoms with Crippen molar-refractivity contribution in [1.29, 1.82) is 0 Å². The Labute approximate surface area is 171 Å². The van der Waals surface area contributed by atoms with Crippen LogP contribution in [0.4, 0.5) is 5.69 Å². The summed E-state index contributed by atoms with van der Waals surface area (Å²) in [5.41, 5.74) is 1.74. The van der Waals surface area contributed by atoms with Gasteiger partial charge in [-0.3, -0.25) is 8.99 Å². The molecule has 1 aromatic heterocycles. The van der Waals surface area contributed by atoms with Crippen molar-refractivity contribution in [2.75, 3.05) is 17.5 Å². The Bertz CT molecular complexity index is 1040. The zero-order valence-corrected chi connectivity index (χ0v) is 17.0. The number of aliphatic hydroxyl groups is 1. The van der Waals surface area contributed by atoms with Gasteiger partial charge >= 0.3 is 0 Å². The minimum absolute atomic E-state index is 0.0187. The second-order valence-corrected chi connectivity index (χ2v) is 9.09. The molecule has 1 aliphatic carbocycles. The molecule has 0 spiro atoms. The lowest BCUT2D eigenvalue weighted by molar-refractivity contribution is 0.306. The van der Waals surface area contributed by atoms with E-state index in [1.807, 2.05) is 41.1 Å². The van der Waals surface area contributed by atoms with Crippen molar-refractivity contribution in [2.45, 2.75) is 36.6 Å². The molecular formula is C22H25N3O3S. The zero-order valence-electron chi connectivity index (χ0n) is 16.2. The van der Waals surface area contributed by atoms with Crippen LogP contribution in [0.1, 0.15) is 31.7 Å². The van der Waals surface area contributed by atoms with Crippen molar-refractivity contribution in [3.63, 3.8) is 0 Å². The molecule has 1 fully saturated rings. The van der Waals surface area contributed by atoms with Crippen LogP contribution in [0, 0.1) is 0 Å². The van der Waals surface area contributed by atoms with Crippen molar-refractivity contribution < 1.29 is 13.5 Å². The molecule has 0 aliphatic heterocycles. The first-order valence-electron chi connectivity index (χ1n) is 9.94. The van der Waals surface area contributed by atoms with Gasteiger partial charge in [0, 0.05) is 11.8 Å². The van der Waals surface area contributed by atoms with E-state index in [1.54, 1.807) is 30.5 Å². The first-order valence-corrected chi connectivity index (χ1v) is 11.4. The van der Waals surface area contributed by atoms with Gasteiger partial charge in [-0.1, -0.05) is 61.4 Å². The van der Waals surface area contributed by atoms with Gasteiger partial charge in [-0.15, -0.1) is 0 Å². The van der Waals surface area contributed by atoms with Crippen molar-refractivity contribution >= 4 is 15.7 Å². The van der Waals surface area contributed by atoms with Gasteiger partial charge in [0.1, 0.15) is 10.6 Å². The number of hydrogen-bond acceptors (Lipinski definition) is 4. The van der Waals surface area contributed by atoms with Gasteiger partial charge in [0.25, 0.3) is 10.0 Å². The number of para-hydroxylation sites is 1. The Morgan fingerprint density at radius 3 is 2.24 bits per heavy atom. The lowest BCUT2D eigenvalue weighted by Crippen LogP contribution is -2.33. The summed E-state index contributed by atoms with van der Waals surface area (Å²) in [4.78, 5) is 0.174. The van der Waals surface area contributed by atoms with E-state index < -0.39 is 10.0 Å². The maximum atomic E-state index is 13.7. The van der Waals surface area contributed by atoms with Crippen LogP contribution in [0.25, 0.3) is 11.3 Å². The van der Waals surface area contributed by atoms with Gasteiger partial charge in [0.2, 0.25) is 0 Å². The molecule has 4 rings (SSSR count). The highest BCUT2D eigenvalue weighted by Gasteiger charge is 2.32. The molecule has 0 bridgehead atoms. The van der Waals surface area contributed by atoms with E-state index in [2.05, 4.69) is 0 Å². The first kappa shape index (κ1) is 19.7. The van der Waals surface area contributed by atoms with Crippen LogP contribution in [0.5, 0.6) is 0 Å². The molecule has 2 aromatic carbocycles. The Balaban J connectivity index is 1.85. The van der Waals surface area contributed by atoms with Crippen molar-refractivity contribution in [3.05, 3.63) is 66.9 Å². The van der Waals surface area contributed by atoms with Gasteiger partial charge in [0.05, 0.1) is 24.9 Å². The maximum absolute atomic E-state index is 13.7. The summed E-state index contributed by atoms with van der Waals surface area (Å²) in [7, 11) is -3.91. The summed E-state index contributed by atoms with van der Waals surface area (Å²) in [6.45, 7) is -0.291. The van der Waals surface area contributed by atoms with Crippen LogP contribution in [0.15, 0.2) is 71.8 Å². The molecule has 1 aliphatic rings. The predicted molar refractivity (Wildman–Crippen MR) is 113 cm³/mol. The second kappa shape index (κ2) is 8.39. The molecule has 0 saturated heterocycles. The van der Waals surface area contributed by atoms with Crippen molar-refractivity contribution in [2.24, 2.45) is 0 Å². The fraction of sp³-hybridized carbons (Fsp3) is 0.318. The van der Waals surface area contributed by atoms with Crippen LogP contribution < -0.4 is 4.31 Å². The number of sulfonamides is 1. The molecule has 0 unspecified atom stereocenters. The number of aromatic nitrogens is 2. The van der Waals surface area contributed by atoms with Crippen LogP contribution in [-0.4, -0.2) is 36.5 Å². The van der Waals surface area contributed by atoms with Gasteiger partial charge in [-0.2, -0.15) is 5.10 Å². The SMILES string of the molecule is O=S(=O)(c1cn(C2CCCC2)nc1-c1ccccc1)N(CCO)c1ccccc1. The van der Waals surface area contributed by atoms with Gasteiger partial charge < -0.3 is 5.11 Å². The largest absolute Gasteiger partial charge is 0.394 e. The third-order valence-electron chi connectivity index (χ3n) is 5.36. The fourth-order valence-corrected chi connectivity index (χ4v) is 5.51. The molecule has 1 N–H and O–H groups in total. The molecule has 3 aromatic rings. The molecule has 1 saturated carbocycles. The number of rotatable bonds is 7. The first-order chi connectivity index (χ1) is 14.1. The summed E-state index contributed by atoms with van der Waals surface area (Å²) < 4.78 is 30.5. The Hall–Kier alpha value is -2.64. The normalized spacial score (nSPS) is 14.9. The molecule has 7 heteroatoms. The van der Waals surface area contributed by atoms with E-state index in [1.165, 1.54) is 4.31 Å². The zero-order chi connectivity index (χ0) is 20.3. The summed E-state index contributed by atoms with van der Waals surface area (Å²) in [5.74, 6) is 0. The Morgan fingerprint density at radius 1 is 1.00 bits per heavy atom. The number of hydrogen-bond donors (Lipinski definition) is 1. The number of aliphatic hydroxyl groups excluding tert-OH is 1. The third kappa shape index (κ3) is 3.93. The average molecular weight is 412 g/mol. The molecule has 0 radical (unpaired) electrons. The molecule has 152 valence electrons. The average Bonchev–Trinajstić information content (AvgIpc) is 3.43. The second-order valence-electron chi connectivity index (χ2n) is 7.26. The van der Waals surface area contributed by atoms with Crippen molar-refractivity contribution in [3.8, 4) is 11.3 Å². The van der Waals surface area contributed by atoms with E-state index in [0.717, 1.165) is 31.2 Å².